The van der Waals surface area contributed by atoms with Gasteiger partial charge in [0.1, 0.15) is 0 Å². The molecule has 0 saturated heterocycles. The molecule has 0 radical (unpaired) electrons. The predicted molar refractivity (Wildman–Crippen MR) is 57.4 cm³/mol. The van der Waals surface area contributed by atoms with Crippen molar-refractivity contribution in [2.45, 2.75) is 65.2 Å². The van der Waals surface area contributed by atoms with Crippen LogP contribution in [0.25, 0.3) is 0 Å². The van der Waals surface area contributed by atoms with Gasteiger partial charge in [-0.1, -0.05) is 57.6 Å². The van der Waals surface area contributed by atoms with Crippen molar-refractivity contribution < 1.29 is 0 Å². The van der Waals surface area contributed by atoms with Crippen LogP contribution in [0, 0.1) is 0 Å². The van der Waals surface area contributed by atoms with Crippen LogP contribution in [0.2, 0.25) is 0 Å². The van der Waals surface area contributed by atoms with Crippen LogP contribution >= 0.6 is 0 Å². The van der Waals surface area contributed by atoms with E-state index in [1.54, 1.807) is 0 Å². The Morgan fingerprint density at radius 2 is 1.42 bits per heavy atom. The van der Waals surface area contributed by atoms with E-state index in [1.165, 1.54) is 51.4 Å². The summed E-state index contributed by atoms with van der Waals surface area (Å²) in [6, 6.07) is 0. The van der Waals surface area contributed by atoms with E-state index in [4.69, 9.17) is 0 Å². The normalized spacial score (nSPS) is 11.2. The molecule has 0 rings (SSSR count). The molecule has 0 aromatic heterocycles. The molecule has 0 aliphatic carbocycles. The molecule has 0 aromatic carbocycles. The van der Waals surface area contributed by atoms with Crippen molar-refractivity contribution in [3.63, 3.8) is 0 Å². The molecule has 0 spiro atoms. The lowest BCUT2D eigenvalue weighted by Crippen LogP contribution is -1.78. The van der Waals surface area contributed by atoms with Gasteiger partial charge in [-0.3, -0.25) is 0 Å². The average Bonchev–Trinajstić information content (AvgIpc) is 2.10. The van der Waals surface area contributed by atoms with Gasteiger partial charge in [-0.2, -0.15) is 0 Å². The summed E-state index contributed by atoms with van der Waals surface area (Å²) in [6.07, 6.45) is 15.6. The molecule has 0 N–H and O–H groups in total. The van der Waals surface area contributed by atoms with Crippen LogP contribution in [-0.4, -0.2) is 0 Å². The van der Waals surface area contributed by atoms with Gasteiger partial charge in [-0.25, -0.2) is 0 Å². The molecule has 0 atom stereocenters. The first-order valence-corrected chi connectivity index (χ1v) is 5.53. The Morgan fingerprint density at radius 1 is 0.833 bits per heavy atom. The Bertz CT molecular complexity index is 92.2. The van der Waals surface area contributed by atoms with Gasteiger partial charge in [0.05, 0.1) is 0 Å². The third kappa shape index (κ3) is 9.74. The van der Waals surface area contributed by atoms with Crippen LogP contribution in [0.3, 0.4) is 0 Å². The van der Waals surface area contributed by atoms with Crippen LogP contribution in [0.4, 0.5) is 0 Å². The summed E-state index contributed by atoms with van der Waals surface area (Å²) in [7, 11) is 0. The fourth-order valence-electron chi connectivity index (χ4n) is 1.39. The van der Waals surface area contributed by atoms with E-state index < -0.39 is 0 Å². The van der Waals surface area contributed by atoms with Gasteiger partial charge >= 0.3 is 0 Å². The second-order valence-corrected chi connectivity index (χ2v) is 3.48. The number of rotatable bonds is 8. The Balaban J connectivity index is 2.81. The Kier molecular flexibility index (Phi) is 10.5. The molecule has 0 aliphatic rings. The molecule has 0 saturated carbocycles. The SMILES string of the molecule is C/C=C\CCCCCCCCC. The summed E-state index contributed by atoms with van der Waals surface area (Å²) in [5.41, 5.74) is 0. The molecule has 0 fully saturated rings. The minimum atomic E-state index is 1.28. The van der Waals surface area contributed by atoms with Crippen molar-refractivity contribution in [3.8, 4) is 0 Å². The van der Waals surface area contributed by atoms with Crippen LogP contribution in [0.5, 0.6) is 0 Å². The lowest BCUT2D eigenvalue weighted by molar-refractivity contribution is 0.592. The van der Waals surface area contributed by atoms with E-state index >= 15 is 0 Å². The minimum Gasteiger partial charge on any atom is -0.0917 e. The number of hydrogen-bond acceptors (Lipinski definition) is 0. The van der Waals surface area contributed by atoms with Crippen LogP contribution in [0.1, 0.15) is 65.2 Å². The molecular weight excluding hydrogens is 144 g/mol. The molecule has 0 nitrogen and oxygen atoms in total. The topological polar surface area (TPSA) is 0 Å². The monoisotopic (exact) mass is 168 g/mol. The second kappa shape index (κ2) is 10.7. The lowest BCUT2D eigenvalue weighted by atomic mass is 10.1. The van der Waals surface area contributed by atoms with Crippen LogP contribution in [0.15, 0.2) is 12.2 Å². The summed E-state index contributed by atoms with van der Waals surface area (Å²) < 4.78 is 0. The fraction of sp³-hybridized carbons (Fsp3) is 0.833. The van der Waals surface area contributed by atoms with E-state index in [1.807, 2.05) is 0 Å². The molecule has 0 aliphatic heterocycles. The summed E-state index contributed by atoms with van der Waals surface area (Å²) in [4.78, 5) is 0. The highest BCUT2D eigenvalue weighted by Gasteiger charge is 1.88. The van der Waals surface area contributed by atoms with Crippen molar-refractivity contribution in [3.05, 3.63) is 12.2 Å². The van der Waals surface area contributed by atoms with Gasteiger partial charge in [-0.15, -0.1) is 0 Å². The largest absolute Gasteiger partial charge is 0.0917 e. The third-order valence-electron chi connectivity index (χ3n) is 2.21. The summed E-state index contributed by atoms with van der Waals surface area (Å²) >= 11 is 0. The zero-order valence-corrected chi connectivity index (χ0v) is 8.81. The van der Waals surface area contributed by atoms with E-state index in [0.29, 0.717) is 0 Å². The highest BCUT2D eigenvalue weighted by atomic mass is 13.9. The number of allylic oxidation sites excluding steroid dienone is 2. The van der Waals surface area contributed by atoms with E-state index in [2.05, 4.69) is 26.0 Å². The highest BCUT2D eigenvalue weighted by Crippen LogP contribution is 2.08. The molecule has 0 unspecified atom stereocenters. The maximum atomic E-state index is 2.27. The van der Waals surface area contributed by atoms with Crippen molar-refractivity contribution in [2.24, 2.45) is 0 Å². The third-order valence-corrected chi connectivity index (χ3v) is 2.21. The minimum absolute atomic E-state index is 1.28. The molecule has 0 aromatic rings. The quantitative estimate of drug-likeness (QED) is 0.364. The first-order valence-electron chi connectivity index (χ1n) is 5.53. The highest BCUT2D eigenvalue weighted by molar-refractivity contribution is 4.76. The number of hydrogen-bond donors (Lipinski definition) is 0. The smallest absolute Gasteiger partial charge is 0.0351 e. The molecule has 0 heteroatoms. The van der Waals surface area contributed by atoms with E-state index in [0.717, 1.165) is 0 Å². The van der Waals surface area contributed by atoms with Crippen molar-refractivity contribution in [1.82, 2.24) is 0 Å². The van der Waals surface area contributed by atoms with E-state index in [9.17, 15) is 0 Å². The van der Waals surface area contributed by atoms with Gasteiger partial charge in [-0.05, 0) is 19.8 Å². The van der Waals surface area contributed by atoms with E-state index in [-0.39, 0.29) is 0 Å². The lowest BCUT2D eigenvalue weighted by Gasteiger charge is -1.98. The molecule has 12 heavy (non-hydrogen) atoms. The Morgan fingerprint density at radius 3 is 2.00 bits per heavy atom. The fourth-order valence-corrected chi connectivity index (χ4v) is 1.39. The first-order chi connectivity index (χ1) is 5.91. The van der Waals surface area contributed by atoms with Crippen molar-refractivity contribution in [2.75, 3.05) is 0 Å². The molecule has 72 valence electrons. The zero-order chi connectivity index (χ0) is 9.07. The molecule has 0 heterocycles. The Labute approximate surface area is 78.1 Å². The second-order valence-electron chi connectivity index (χ2n) is 3.48. The van der Waals surface area contributed by atoms with Gasteiger partial charge in [0.15, 0.2) is 0 Å². The molecular formula is C12H24. The van der Waals surface area contributed by atoms with Gasteiger partial charge in [0.2, 0.25) is 0 Å². The standard InChI is InChI=1S/C12H24/c1-3-5-7-9-11-12-10-8-6-4-2/h3,5H,4,6-12H2,1-2H3/b5-3-. The summed E-state index contributed by atoms with van der Waals surface area (Å²) in [5.74, 6) is 0. The Hall–Kier alpha value is -0.260. The molecule has 0 bridgehead atoms. The van der Waals surface area contributed by atoms with Crippen molar-refractivity contribution in [1.29, 1.82) is 0 Å². The summed E-state index contributed by atoms with van der Waals surface area (Å²) in [6.45, 7) is 4.37. The van der Waals surface area contributed by atoms with Gasteiger partial charge in [0.25, 0.3) is 0 Å². The predicted octanol–water partition coefficient (Wildman–Crippen LogP) is 4.70. The number of unbranched alkanes of at least 4 members (excludes halogenated alkanes) is 7. The van der Waals surface area contributed by atoms with Crippen molar-refractivity contribution >= 4 is 0 Å². The maximum absolute atomic E-state index is 2.27. The van der Waals surface area contributed by atoms with Crippen LogP contribution < -0.4 is 0 Å². The zero-order valence-electron chi connectivity index (χ0n) is 8.81. The maximum Gasteiger partial charge on any atom is -0.0351 e. The van der Waals surface area contributed by atoms with Gasteiger partial charge in [0, 0.05) is 0 Å². The first kappa shape index (κ1) is 11.7. The van der Waals surface area contributed by atoms with Crippen LogP contribution in [-0.2, 0) is 0 Å². The average molecular weight is 168 g/mol. The van der Waals surface area contributed by atoms with Gasteiger partial charge < -0.3 is 0 Å². The summed E-state index contributed by atoms with van der Waals surface area (Å²) in [5, 5.41) is 0. The molecule has 0 amide bonds.